The Labute approximate surface area is 135 Å². The maximum absolute atomic E-state index is 11.5. The van der Waals surface area contributed by atoms with Crippen LogP contribution in [0.15, 0.2) is 48.5 Å². The number of amides is 1. The maximum atomic E-state index is 11.5. The normalized spacial score (nSPS) is 9.86. The van der Waals surface area contributed by atoms with Crippen LogP contribution in [0.5, 0.6) is 0 Å². The second kappa shape index (κ2) is 8.09. The molecule has 3 N–H and O–H groups in total. The van der Waals surface area contributed by atoms with Crippen LogP contribution in [0.3, 0.4) is 0 Å². The largest absolute Gasteiger partial charge is 0.359 e. The molecule has 0 saturated carbocycles. The third-order valence-electron chi connectivity index (χ3n) is 2.99. The van der Waals surface area contributed by atoms with Gasteiger partial charge in [-0.15, -0.1) is 0 Å². The first-order valence-electron chi connectivity index (χ1n) is 6.92. The van der Waals surface area contributed by atoms with Gasteiger partial charge in [0, 0.05) is 13.6 Å². The number of hydrogen-bond donors (Lipinski definition) is 3. The Morgan fingerprint density at radius 2 is 1.77 bits per heavy atom. The molecule has 5 nitrogen and oxygen atoms in total. The summed E-state index contributed by atoms with van der Waals surface area (Å²) in [5, 5.41) is 9.31. The van der Waals surface area contributed by atoms with Crippen molar-refractivity contribution in [3.63, 3.8) is 0 Å². The van der Waals surface area contributed by atoms with Gasteiger partial charge in [-0.25, -0.2) is 4.98 Å². The minimum Gasteiger partial charge on any atom is -0.359 e. The molecule has 0 fully saturated rings. The molecular formula is C16H18N4OS. The number of nitrogens with zero attached hydrogens (tertiary/aromatic N) is 1. The van der Waals surface area contributed by atoms with E-state index in [-0.39, 0.29) is 5.91 Å². The number of aromatic nitrogens is 1. The summed E-state index contributed by atoms with van der Waals surface area (Å²) in [4.78, 5) is 15.8. The molecule has 1 aromatic carbocycles. The molecule has 2 aromatic rings. The van der Waals surface area contributed by atoms with Gasteiger partial charge >= 0.3 is 0 Å². The summed E-state index contributed by atoms with van der Waals surface area (Å²) in [6.45, 7) is 1.13. The second-order valence-corrected chi connectivity index (χ2v) is 5.02. The Kier molecular flexibility index (Phi) is 5.85. The molecule has 0 aliphatic rings. The zero-order chi connectivity index (χ0) is 15.8. The molecule has 1 heterocycles. The van der Waals surface area contributed by atoms with Crippen LogP contribution in [-0.4, -0.2) is 23.1 Å². The minimum absolute atomic E-state index is 0.202. The van der Waals surface area contributed by atoms with Crippen molar-refractivity contribution in [1.82, 2.24) is 20.9 Å². The topological polar surface area (TPSA) is 66.1 Å². The lowest BCUT2D eigenvalue weighted by Crippen LogP contribution is -2.34. The third-order valence-corrected chi connectivity index (χ3v) is 3.28. The van der Waals surface area contributed by atoms with E-state index >= 15 is 0 Å². The average molecular weight is 314 g/mol. The molecule has 0 unspecified atom stereocenters. The van der Waals surface area contributed by atoms with Gasteiger partial charge in [0.25, 0.3) is 5.91 Å². The molecule has 0 radical (unpaired) electrons. The number of pyridine rings is 1. The Balaban J connectivity index is 1.82. The second-order valence-electron chi connectivity index (χ2n) is 4.62. The highest BCUT2D eigenvalue weighted by Crippen LogP contribution is 2.00. The summed E-state index contributed by atoms with van der Waals surface area (Å²) in [6, 6.07) is 15.3. The van der Waals surface area contributed by atoms with Crippen molar-refractivity contribution in [1.29, 1.82) is 0 Å². The van der Waals surface area contributed by atoms with Crippen molar-refractivity contribution in [2.45, 2.75) is 13.1 Å². The molecule has 2 rings (SSSR count). The SMILES string of the molecule is CNC(=O)c1cccc(CNC(=S)NCc2ccccc2)n1. The Morgan fingerprint density at radius 1 is 1.05 bits per heavy atom. The van der Waals surface area contributed by atoms with E-state index in [0.717, 1.165) is 11.3 Å². The van der Waals surface area contributed by atoms with Gasteiger partial charge < -0.3 is 16.0 Å². The molecule has 0 spiro atoms. The first-order valence-corrected chi connectivity index (χ1v) is 7.33. The number of carbonyl (C=O) groups excluding carboxylic acids is 1. The predicted molar refractivity (Wildman–Crippen MR) is 90.3 cm³/mol. The number of hydrogen-bond acceptors (Lipinski definition) is 3. The molecule has 6 heteroatoms. The van der Waals surface area contributed by atoms with Gasteiger partial charge in [-0.05, 0) is 29.9 Å². The van der Waals surface area contributed by atoms with E-state index in [1.165, 1.54) is 0 Å². The van der Waals surface area contributed by atoms with E-state index in [0.29, 0.717) is 23.9 Å². The molecular weight excluding hydrogens is 296 g/mol. The fourth-order valence-corrected chi connectivity index (χ4v) is 1.99. The first-order chi connectivity index (χ1) is 10.7. The monoisotopic (exact) mass is 314 g/mol. The van der Waals surface area contributed by atoms with Crippen LogP contribution in [0.25, 0.3) is 0 Å². The highest BCUT2D eigenvalue weighted by atomic mass is 32.1. The smallest absolute Gasteiger partial charge is 0.269 e. The standard InChI is InChI=1S/C16H18N4OS/c1-17-15(21)14-9-5-8-13(20-14)11-19-16(22)18-10-12-6-3-2-4-7-12/h2-9H,10-11H2,1H3,(H,17,21)(H2,18,19,22). The number of thiocarbonyl (C=S) groups is 1. The highest BCUT2D eigenvalue weighted by Gasteiger charge is 2.05. The van der Waals surface area contributed by atoms with Crippen LogP contribution < -0.4 is 16.0 Å². The molecule has 22 heavy (non-hydrogen) atoms. The molecule has 0 bridgehead atoms. The lowest BCUT2D eigenvalue weighted by Gasteiger charge is -2.10. The summed E-state index contributed by atoms with van der Waals surface area (Å²) in [7, 11) is 1.58. The van der Waals surface area contributed by atoms with Gasteiger partial charge in [-0.2, -0.15) is 0 Å². The van der Waals surface area contributed by atoms with Crippen molar-refractivity contribution in [2.24, 2.45) is 0 Å². The zero-order valence-corrected chi connectivity index (χ0v) is 13.1. The molecule has 1 aromatic heterocycles. The van der Waals surface area contributed by atoms with Crippen molar-refractivity contribution in [2.75, 3.05) is 7.05 Å². The van der Waals surface area contributed by atoms with Crippen molar-refractivity contribution in [3.05, 3.63) is 65.5 Å². The lowest BCUT2D eigenvalue weighted by atomic mass is 10.2. The summed E-state index contributed by atoms with van der Waals surface area (Å²) in [5.74, 6) is -0.202. The Hall–Kier alpha value is -2.47. The highest BCUT2D eigenvalue weighted by molar-refractivity contribution is 7.80. The van der Waals surface area contributed by atoms with Gasteiger partial charge in [0.05, 0.1) is 12.2 Å². The van der Waals surface area contributed by atoms with Crippen LogP contribution >= 0.6 is 12.2 Å². The number of nitrogens with one attached hydrogen (secondary N) is 3. The van der Waals surface area contributed by atoms with Crippen LogP contribution in [0.4, 0.5) is 0 Å². The van der Waals surface area contributed by atoms with Crippen LogP contribution in [0.2, 0.25) is 0 Å². The van der Waals surface area contributed by atoms with E-state index in [9.17, 15) is 4.79 Å². The van der Waals surface area contributed by atoms with Crippen LogP contribution in [0, 0.1) is 0 Å². The summed E-state index contributed by atoms with van der Waals surface area (Å²) >= 11 is 5.23. The Morgan fingerprint density at radius 3 is 2.50 bits per heavy atom. The van der Waals surface area contributed by atoms with Gasteiger partial charge in [0.15, 0.2) is 5.11 Å². The van der Waals surface area contributed by atoms with Crippen LogP contribution in [-0.2, 0) is 13.1 Å². The van der Waals surface area contributed by atoms with E-state index in [1.807, 2.05) is 36.4 Å². The van der Waals surface area contributed by atoms with E-state index in [1.54, 1.807) is 19.2 Å². The summed E-state index contributed by atoms with van der Waals surface area (Å²) < 4.78 is 0. The fraction of sp³-hybridized carbons (Fsp3) is 0.188. The van der Waals surface area contributed by atoms with Crippen molar-refractivity contribution < 1.29 is 4.79 Å². The number of rotatable bonds is 5. The van der Waals surface area contributed by atoms with Crippen molar-refractivity contribution in [3.8, 4) is 0 Å². The average Bonchev–Trinajstić information content (AvgIpc) is 2.58. The maximum Gasteiger partial charge on any atom is 0.269 e. The van der Waals surface area contributed by atoms with Gasteiger partial charge in [0.1, 0.15) is 5.69 Å². The fourth-order valence-electron chi connectivity index (χ4n) is 1.84. The van der Waals surface area contributed by atoms with Gasteiger partial charge in [0.2, 0.25) is 0 Å². The number of benzene rings is 1. The quantitative estimate of drug-likeness (QED) is 0.732. The first kappa shape index (κ1) is 15.9. The van der Waals surface area contributed by atoms with Crippen LogP contribution in [0.1, 0.15) is 21.7 Å². The van der Waals surface area contributed by atoms with Crippen molar-refractivity contribution >= 4 is 23.2 Å². The molecule has 1 amide bonds. The van der Waals surface area contributed by atoms with Gasteiger partial charge in [-0.1, -0.05) is 36.4 Å². The summed E-state index contributed by atoms with van der Waals surface area (Å²) in [6.07, 6.45) is 0. The molecule has 0 saturated heterocycles. The Bertz CT molecular complexity index is 646. The third kappa shape index (κ3) is 4.82. The molecule has 0 aliphatic carbocycles. The van der Waals surface area contributed by atoms with E-state index in [2.05, 4.69) is 20.9 Å². The minimum atomic E-state index is -0.202. The summed E-state index contributed by atoms with van der Waals surface area (Å²) in [5.41, 5.74) is 2.31. The van der Waals surface area contributed by atoms with E-state index in [4.69, 9.17) is 12.2 Å². The predicted octanol–water partition coefficient (Wildman–Crippen LogP) is 1.61. The molecule has 0 atom stereocenters. The van der Waals surface area contributed by atoms with E-state index < -0.39 is 0 Å². The molecule has 0 aliphatic heterocycles. The number of carbonyl (C=O) groups is 1. The molecule has 114 valence electrons. The van der Waals surface area contributed by atoms with Gasteiger partial charge in [-0.3, -0.25) is 4.79 Å². The lowest BCUT2D eigenvalue weighted by molar-refractivity contribution is 0.0958. The zero-order valence-electron chi connectivity index (χ0n) is 12.3.